The van der Waals surface area contributed by atoms with Crippen LogP contribution >= 0.6 is 35.8 Å². The molecule has 0 saturated heterocycles. The molecule has 0 aliphatic rings. The molecular formula is C10H16Cl2N2O2S2. The summed E-state index contributed by atoms with van der Waals surface area (Å²) in [5.41, 5.74) is 5.38. The van der Waals surface area contributed by atoms with Crippen LogP contribution in [0, 0.1) is 0 Å². The lowest BCUT2D eigenvalue weighted by molar-refractivity contribution is 0.562. The van der Waals surface area contributed by atoms with Gasteiger partial charge in [-0.1, -0.05) is 11.6 Å². The van der Waals surface area contributed by atoms with Crippen molar-refractivity contribution in [2.75, 3.05) is 12.8 Å². The molecule has 0 aliphatic carbocycles. The van der Waals surface area contributed by atoms with Crippen LogP contribution in [0.15, 0.2) is 28.0 Å². The molecule has 0 amide bonds. The minimum atomic E-state index is -3.54. The van der Waals surface area contributed by atoms with Crippen LogP contribution in [0.2, 0.25) is 5.02 Å². The zero-order valence-corrected chi connectivity index (χ0v) is 13.2. The Hall–Kier alpha value is 0.0200. The number of nitrogens with two attached hydrogens (primary N) is 1. The predicted molar refractivity (Wildman–Crippen MR) is 79.3 cm³/mol. The number of hydrogen-bond donors (Lipinski definition) is 2. The molecule has 0 heterocycles. The molecule has 0 fully saturated rings. The van der Waals surface area contributed by atoms with E-state index in [1.54, 1.807) is 13.0 Å². The van der Waals surface area contributed by atoms with Gasteiger partial charge in [0.2, 0.25) is 10.0 Å². The molecule has 0 aromatic heterocycles. The second-order valence-corrected chi connectivity index (χ2v) is 6.52. The van der Waals surface area contributed by atoms with Gasteiger partial charge < -0.3 is 5.73 Å². The third-order valence-corrected chi connectivity index (χ3v) is 4.95. The molecule has 0 unspecified atom stereocenters. The van der Waals surface area contributed by atoms with Gasteiger partial charge in [-0.2, -0.15) is 0 Å². The summed E-state index contributed by atoms with van der Waals surface area (Å²) in [6, 6.07) is 4.36. The number of benzene rings is 1. The SMILES string of the molecule is CSc1ccc(S(=O)(=O)N[C@@H](C)CN)cc1Cl.Cl. The lowest BCUT2D eigenvalue weighted by Crippen LogP contribution is -2.37. The van der Waals surface area contributed by atoms with E-state index in [0.29, 0.717) is 5.02 Å². The van der Waals surface area contributed by atoms with Crippen LogP contribution in [-0.4, -0.2) is 27.3 Å². The fraction of sp³-hybridized carbons (Fsp3) is 0.400. The Morgan fingerprint density at radius 1 is 1.50 bits per heavy atom. The summed E-state index contributed by atoms with van der Waals surface area (Å²) in [5, 5.41) is 0.431. The highest BCUT2D eigenvalue weighted by atomic mass is 35.5. The highest BCUT2D eigenvalue weighted by molar-refractivity contribution is 7.98. The van der Waals surface area contributed by atoms with E-state index >= 15 is 0 Å². The molecule has 0 aliphatic heterocycles. The fourth-order valence-corrected chi connectivity index (χ4v) is 3.41. The Kier molecular flexibility index (Phi) is 7.58. The van der Waals surface area contributed by atoms with Crippen LogP contribution in [0.3, 0.4) is 0 Å². The number of thioether (sulfide) groups is 1. The van der Waals surface area contributed by atoms with Crippen molar-refractivity contribution in [3.05, 3.63) is 23.2 Å². The quantitative estimate of drug-likeness (QED) is 0.811. The normalized spacial score (nSPS) is 12.9. The number of hydrogen-bond acceptors (Lipinski definition) is 4. The first-order chi connectivity index (χ1) is 7.90. The minimum Gasteiger partial charge on any atom is -0.329 e. The molecule has 1 atom stereocenters. The first-order valence-corrected chi connectivity index (χ1v) is 8.05. The average Bonchev–Trinajstić information content (AvgIpc) is 2.28. The second kappa shape index (κ2) is 7.57. The Labute approximate surface area is 123 Å². The van der Waals surface area contributed by atoms with E-state index in [1.165, 1.54) is 23.9 Å². The molecule has 0 spiro atoms. The van der Waals surface area contributed by atoms with Crippen molar-refractivity contribution in [2.24, 2.45) is 5.73 Å². The smallest absolute Gasteiger partial charge is 0.240 e. The van der Waals surface area contributed by atoms with Crippen molar-refractivity contribution in [3.8, 4) is 0 Å². The van der Waals surface area contributed by atoms with Gasteiger partial charge in [-0.25, -0.2) is 13.1 Å². The Bertz CT molecular complexity index is 495. The third-order valence-electron chi connectivity index (χ3n) is 2.14. The van der Waals surface area contributed by atoms with Crippen molar-refractivity contribution < 1.29 is 8.42 Å². The summed E-state index contributed by atoms with van der Waals surface area (Å²) in [7, 11) is -3.54. The maximum Gasteiger partial charge on any atom is 0.240 e. The maximum atomic E-state index is 11.9. The van der Waals surface area contributed by atoms with E-state index in [2.05, 4.69) is 4.72 Å². The molecule has 0 bridgehead atoms. The molecule has 3 N–H and O–H groups in total. The summed E-state index contributed by atoms with van der Waals surface area (Å²) in [5.74, 6) is 0. The summed E-state index contributed by atoms with van der Waals surface area (Å²) in [4.78, 5) is 0.998. The van der Waals surface area contributed by atoms with Gasteiger partial charge in [-0.05, 0) is 31.4 Å². The van der Waals surface area contributed by atoms with Crippen LogP contribution in [0.5, 0.6) is 0 Å². The average molecular weight is 331 g/mol. The van der Waals surface area contributed by atoms with Gasteiger partial charge >= 0.3 is 0 Å². The van der Waals surface area contributed by atoms with E-state index in [4.69, 9.17) is 17.3 Å². The monoisotopic (exact) mass is 330 g/mol. The standard InChI is InChI=1S/C10H15ClN2O2S2.ClH/c1-7(6-12)13-17(14,15)8-3-4-10(16-2)9(11)5-8;/h3-5,7,13H,6,12H2,1-2H3;1H/t7-;/m0./s1. The van der Waals surface area contributed by atoms with Gasteiger partial charge in [0, 0.05) is 17.5 Å². The molecule has 0 saturated carbocycles. The van der Waals surface area contributed by atoms with Crippen LogP contribution in [0.25, 0.3) is 0 Å². The van der Waals surface area contributed by atoms with E-state index in [0.717, 1.165) is 4.90 Å². The molecule has 0 radical (unpaired) electrons. The first kappa shape index (κ1) is 18.0. The molecule has 1 rings (SSSR count). The highest BCUT2D eigenvalue weighted by Crippen LogP contribution is 2.27. The van der Waals surface area contributed by atoms with Crippen molar-refractivity contribution in [1.29, 1.82) is 0 Å². The van der Waals surface area contributed by atoms with E-state index in [1.807, 2.05) is 6.26 Å². The summed E-state index contributed by atoms with van der Waals surface area (Å²) >= 11 is 7.43. The number of nitrogens with one attached hydrogen (secondary N) is 1. The Morgan fingerprint density at radius 2 is 2.11 bits per heavy atom. The van der Waals surface area contributed by atoms with Gasteiger partial charge in [0.1, 0.15) is 0 Å². The predicted octanol–water partition coefficient (Wildman–Crippen LogP) is 2.11. The van der Waals surface area contributed by atoms with Gasteiger partial charge in [0.25, 0.3) is 0 Å². The maximum absolute atomic E-state index is 11.9. The number of halogens is 2. The van der Waals surface area contributed by atoms with Crippen molar-refractivity contribution >= 4 is 45.8 Å². The van der Waals surface area contributed by atoms with Crippen LogP contribution in [0.1, 0.15) is 6.92 Å². The van der Waals surface area contributed by atoms with Crippen molar-refractivity contribution in [2.45, 2.75) is 22.8 Å². The zero-order chi connectivity index (χ0) is 13.1. The van der Waals surface area contributed by atoms with E-state index < -0.39 is 10.0 Å². The van der Waals surface area contributed by atoms with Crippen LogP contribution in [-0.2, 0) is 10.0 Å². The topological polar surface area (TPSA) is 72.2 Å². The number of rotatable bonds is 5. The lowest BCUT2D eigenvalue weighted by atomic mass is 10.4. The third kappa shape index (κ3) is 4.60. The minimum absolute atomic E-state index is 0. The lowest BCUT2D eigenvalue weighted by Gasteiger charge is -2.12. The molecule has 104 valence electrons. The van der Waals surface area contributed by atoms with Gasteiger partial charge in [-0.15, -0.1) is 24.2 Å². The van der Waals surface area contributed by atoms with Crippen molar-refractivity contribution in [1.82, 2.24) is 4.72 Å². The Balaban J connectivity index is 0.00000289. The van der Waals surface area contributed by atoms with Gasteiger partial charge in [0.05, 0.1) is 9.92 Å². The second-order valence-electron chi connectivity index (χ2n) is 3.55. The molecule has 8 heteroatoms. The largest absolute Gasteiger partial charge is 0.329 e. The highest BCUT2D eigenvalue weighted by Gasteiger charge is 2.17. The summed E-state index contributed by atoms with van der Waals surface area (Å²) in [6.07, 6.45) is 1.88. The van der Waals surface area contributed by atoms with Crippen molar-refractivity contribution in [3.63, 3.8) is 0 Å². The summed E-state index contributed by atoms with van der Waals surface area (Å²) in [6.45, 7) is 1.95. The molecule has 4 nitrogen and oxygen atoms in total. The molecular weight excluding hydrogens is 315 g/mol. The van der Waals surface area contributed by atoms with Crippen LogP contribution in [0.4, 0.5) is 0 Å². The van der Waals surface area contributed by atoms with E-state index in [-0.39, 0.29) is 29.9 Å². The van der Waals surface area contributed by atoms with Gasteiger partial charge in [0.15, 0.2) is 0 Å². The Morgan fingerprint density at radius 3 is 2.56 bits per heavy atom. The van der Waals surface area contributed by atoms with E-state index in [9.17, 15) is 8.42 Å². The molecule has 1 aromatic carbocycles. The van der Waals surface area contributed by atoms with Gasteiger partial charge in [-0.3, -0.25) is 0 Å². The molecule has 1 aromatic rings. The number of sulfonamides is 1. The first-order valence-electron chi connectivity index (χ1n) is 4.96. The van der Waals surface area contributed by atoms with Crippen LogP contribution < -0.4 is 10.5 Å². The molecule has 18 heavy (non-hydrogen) atoms. The summed E-state index contributed by atoms with van der Waals surface area (Å²) < 4.78 is 26.3. The zero-order valence-electron chi connectivity index (χ0n) is 10.0. The fourth-order valence-electron chi connectivity index (χ4n) is 1.20.